The minimum Gasteiger partial charge on any atom is -0.355 e. The predicted molar refractivity (Wildman–Crippen MR) is 95.7 cm³/mol. The molecule has 9 heteroatoms. The first-order valence-corrected chi connectivity index (χ1v) is 9.38. The third-order valence-electron chi connectivity index (χ3n) is 4.85. The van der Waals surface area contributed by atoms with Crippen molar-refractivity contribution in [2.45, 2.75) is 51.6 Å². The standard InChI is InChI=1S/C19H22F3N3O3/c1-2-5-13-12(6-3-4-11-25-15(26)9-10-23-18(25)27)7-8-14-16(13)28-24-17(14)19(20,21)22/h7-8H,2-6,9-11H2,1H3,(H,23,27). The number of halogens is 3. The quantitative estimate of drug-likeness (QED) is 0.715. The molecule has 0 aliphatic carbocycles. The molecule has 1 fully saturated rings. The number of carbonyl (C=O) groups excluding carboxylic acids is 2. The van der Waals surface area contributed by atoms with E-state index in [1.807, 2.05) is 6.92 Å². The predicted octanol–water partition coefficient (Wildman–Crippen LogP) is 4.06. The number of nitrogens with zero attached hydrogens (tertiary/aromatic N) is 2. The molecule has 0 atom stereocenters. The Balaban J connectivity index is 1.71. The van der Waals surface area contributed by atoms with E-state index in [2.05, 4.69) is 10.5 Å². The Labute approximate surface area is 160 Å². The molecule has 0 radical (unpaired) electrons. The van der Waals surface area contributed by atoms with Gasteiger partial charge in [-0.25, -0.2) is 4.79 Å². The summed E-state index contributed by atoms with van der Waals surface area (Å²) in [5.74, 6) is -0.182. The van der Waals surface area contributed by atoms with Gasteiger partial charge in [0, 0.05) is 25.1 Å². The van der Waals surface area contributed by atoms with Gasteiger partial charge in [-0.05, 0) is 37.3 Å². The summed E-state index contributed by atoms with van der Waals surface area (Å²) in [4.78, 5) is 24.7. The van der Waals surface area contributed by atoms with Crippen LogP contribution in [0.15, 0.2) is 16.7 Å². The van der Waals surface area contributed by atoms with Gasteiger partial charge in [0.15, 0.2) is 11.3 Å². The van der Waals surface area contributed by atoms with Gasteiger partial charge >= 0.3 is 12.2 Å². The van der Waals surface area contributed by atoms with Crippen LogP contribution in [0.2, 0.25) is 0 Å². The number of imide groups is 1. The molecule has 0 saturated carbocycles. The van der Waals surface area contributed by atoms with Crippen LogP contribution in [-0.2, 0) is 23.8 Å². The van der Waals surface area contributed by atoms with E-state index in [9.17, 15) is 22.8 Å². The number of rotatable bonds is 7. The monoisotopic (exact) mass is 397 g/mol. The third-order valence-corrected chi connectivity index (χ3v) is 4.85. The fraction of sp³-hybridized carbons (Fsp3) is 0.526. The zero-order valence-corrected chi connectivity index (χ0v) is 15.6. The van der Waals surface area contributed by atoms with Gasteiger partial charge in [0.1, 0.15) is 0 Å². The van der Waals surface area contributed by atoms with E-state index in [0.29, 0.717) is 45.2 Å². The van der Waals surface area contributed by atoms with E-state index < -0.39 is 11.9 Å². The van der Waals surface area contributed by atoms with E-state index in [-0.39, 0.29) is 22.9 Å². The van der Waals surface area contributed by atoms with Gasteiger partial charge in [0.25, 0.3) is 0 Å². The van der Waals surface area contributed by atoms with E-state index in [1.54, 1.807) is 6.07 Å². The van der Waals surface area contributed by atoms with Gasteiger partial charge in [0.05, 0.1) is 5.39 Å². The van der Waals surface area contributed by atoms with E-state index >= 15 is 0 Å². The highest BCUT2D eigenvalue weighted by atomic mass is 19.4. The number of hydrogen-bond acceptors (Lipinski definition) is 4. The lowest BCUT2D eigenvalue weighted by atomic mass is 9.96. The number of aryl methyl sites for hydroxylation is 2. The van der Waals surface area contributed by atoms with Gasteiger partial charge in [-0.15, -0.1) is 0 Å². The fourth-order valence-electron chi connectivity index (χ4n) is 3.49. The summed E-state index contributed by atoms with van der Waals surface area (Å²) in [6.07, 6.45) is -0.972. The van der Waals surface area contributed by atoms with Gasteiger partial charge < -0.3 is 9.84 Å². The molecule has 3 rings (SSSR count). The molecule has 6 nitrogen and oxygen atoms in total. The molecule has 1 aliphatic rings. The Morgan fingerprint density at radius 2 is 2.00 bits per heavy atom. The molecule has 0 bridgehead atoms. The van der Waals surface area contributed by atoms with Crippen LogP contribution < -0.4 is 5.32 Å². The van der Waals surface area contributed by atoms with Crippen molar-refractivity contribution in [3.63, 3.8) is 0 Å². The maximum atomic E-state index is 13.1. The van der Waals surface area contributed by atoms with Crippen LogP contribution in [0.5, 0.6) is 0 Å². The number of aromatic nitrogens is 1. The fourth-order valence-corrected chi connectivity index (χ4v) is 3.49. The van der Waals surface area contributed by atoms with Crippen molar-refractivity contribution < 1.29 is 27.3 Å². The molecule has 0 spiro atoms. The molecular weight excluding hydrogens is 375 g/mol. The lowest BCUT2D eigenvalue weighted by Gasteiger charge is -2.25. The molecule has 2 heterocycles. The van der Waals surface area contributed by atoms with Crippen LogP contribution in [-0.4, -0.2) is 35.1 Å². The van der Waals surface area contributed by atoms with Crippen molar-refractivity contribution in [3.05, 3.63) is 29.0 Å². The lowest BCUT2D eigenvalue weighted by molar-refractivity contribution is -0.141. The summed E-state index contributed by atoms with van der Waals surface area (Å²) in [6.45, 7) is 2.65. The highest BCUT2D eigenvalue weighted by Crippen LogP contribution is 2.36. The summed E-state index contributed by atoms with van der Waals surface area (Å²) in [6, 6.07) is 2.73. The minimum absolute atomic E-state index is 0.0183. The van der Waals surface area contributed by atoms with Crippen molar-refractivity contribution in [2.24, 2.45) is 0 Å². The van der Waals surface area contributed by atoms with Gasteiger partial charge in [-0.2, -0.15) is 13.2 Å². The Morgan fingerprint density at radius 3 is 2.68 bits per heavy atom. The molecule has 3 amide bonds. The van der Waals surface area contributed by atoms with E-state index in [4.69, 9.17) is 4.52 Å². The van der Waals surface area contributed by atoms with Crippen LogP contribution in [0.1, 0.15) is 49.4 Å². The maximum absolute atomic E-state index is 13.1. The number of nitrogens with one attached hydrogen (secondary N) is 1. The number of benzene rings is 1. The number of carbonyl (C=O) groups is 2. The molecule has 1 aromatic heterocycles. The minimum atomic E-state index is -4.56. The Kier molecular flexibility index (Phi) is 5.90. The third kappa shape index (κ3) is 4.13. The summed E-state index contributed by atoms with van der Waals surface area (Å²) in [5.41, 5.74) is 0.849. The molecule has 1 aliphatic heterocycles. The number of alkyl halides is 3. The molecule has 0 unspecified atom stereocenters. The number of fused-ring (bicyclic) bond motifs is 1. The SMILES string of the molecule is CCCc1c(CCCCN2C(=O)CCNC2=O)ccc2c(C(F)(F)F)noc12. The molecule has 1 aromatic carbocycles. The molecule has 28 heavy (non-hydrogen) atoms. The number of amides is 3. The molecule has 152 valence electrons. The topological polar surface area (TPSA) is 75.4 Å². The smallest absolute Gasteiger partial charge is 0.355 e. The second-order valence-electron chi connectivity index (χ2n) is 6.84. The van der Waals surface area contributed by atoms with Crippen molar-refractivity contribution in [1.82, 2.24) is 15.4 Å². The van der Waals surface area contributed by atoms with Crippen LogP contribution in [0, 0.1) is 0 Å². The zero-order chi connectivity index (χ0) is 20.3. The van der Waals surface area contributed by atoms with Gasteiger partial charge in [-0.3, -0.25) is 9.69 Å². The molecule has 2 aromatic rings. The van der Waals surface area contributed by atoms with Gasteiger partial charge in [0.2, 0.25) is 5.91 Å². The first-order chi connectivity index (χ1) is 13.3. The van der Waals surface area contributed by atoms with Crippen molar-refractivity contribution in [1.29, 1.82) is 0 Å². The highest BCUT2D eigenvalue weighted by Gasteiger charge is 2.37. The van der Waals surface area contributed by atoms with Crippen molar-refractivity contribution in [2.75, 3.05) is 13.1 Å². The second-order valence-corrected chi connectivity index (χ2v) is 6.84. The van der Waals surface area contributed by atoms with Crippen molar-refractivity contribution >= 4 is 22.9 Å². The summed E-state index contributed by atoms with van der Waals surface area (Å²) >= 11 is 0. The Morgan fingerprint density at radius 1 is 1.21 bits per heavy atom. The highest BCUT2D eigenvalue weighted by molar-refractivity contribution is 5.96. The van der Waals surface area contributed by atoms with Crippen LogP contribution in [0.4, 0.5) is 18.0 Å². The van der Waals surface area contributed by atoms with Crippen LogP contribution in [0.25, 0.3) is 11.0 Å². The Bertz CT molecular complexity index is 860. The van der Waals surface area contributed by atoms with Crippen LogP contribution in [0.3, 0.4) is 0 Å². The maximum Gasteiger partial charge on any atom is 0.437 e. The van der Waals surface area contributed by atoms with E-state index in [1.165, 1.54) is 11.0 Å². The average molecular weight is 397 g/mol. The summed E-state index contributed by atoms with van der Waals surface area (Å²) < 4.78 is 44.3. The second kappa shape index (κ2) is 8.20. The molecular formula is C19H22F3N3O3. The number of urea groups is 1. The number of unbranched alkanes of at least 4 members (excludes halogenated alkanes) is 1. The van der Waals surface area contributed by atoms with Crippen molar-refractivity contribution in [3.8, 4) is 0 Å². The first kappa shape index (κ1) is 20.2. The normalized spacial score (nSPS) is 15.4. The average Bonchev–Trinajstić information content (AvgIpc) is 3.07. The van der Waals surface area contributed by atoms with Crippen LogP contribution >= 0.6 is 0 Å². The zero-order valence-electron chi connectivity index (χ0n) is 15.6. The van der Waals surface area contributed by atoms with E-state index in [0.717, 1.165) is 17.5 Å². The molecule has 1 saturated heterocycles. The number of hydrogen-bond donors (Lipinski definition) is 1. The largest absolute Gasteiger partial charge is 0.437 e. The van der Waals surface area contributed by atoms with Gasteiger partial charge in [-0.1, -0.05) is 24.6 Å². The first-order valence-electron chi connectivity index (χ1n) is 9.38. The summed E-state index contributed by atoms with van der Waals surface area (Å²) in [5, 5.41) is 5.85. The molecule has 1 N–H and O–H groups in total. The Hall–Kier alpha value is -2.58. The lowest BCUT2D eigenvalue weighted by Crippen LogP contribution is -2.50. The summed E-state index contributed by atoms with van der Waals surface area (Å²) in [7, 11) is 0.